The molecule has 1 aromatic heterocycles. The van der Waals surface area contributed by atoms with Gasteiger partial charge in [-0.25, -0.2) is 4.79 Å². The molecule has 0 saturated heterocycles. The number of carboxylic acid groups (broad SMARTS) is 1. The largest absolute Gasteiger partial charge is 0.480 e. The number of rotatable bonds is 5. The summed E-state index contributed by atoms with van der Waals surface area (Å²) >= 11 is 0. The van der Waals surface area contributed by atoms with Crippen LogP contribution in [0.1, 0.15) is 18.4 Å². The number of fused-ring (bicyclic) bond motifs is 1. The van der Waals surface area contributed by atoms with Crippen LogP contribution >= 0.6 is 0 Å². The first kappa shape index (κ1) is 14.4. The number of amides is 1. The number of hydrogen-bond acceptors (Lipinski definition) is 2. The van der Waals surface area contributed by atoms with E-state index in [1.54, 1.807) is 0 Å². The second-order valence-corrected chi connectivity index (χ2v) is 5.60. The Labute approximate surface area is 128 Å². The highest BCUT2D eigenvalue weighted by Crippen LogP contribution is 2.21. The van der Waals surface area contributed by atoms with Crippen molar-refractivity contribution in [2.75, 3.05) is 0 Å². The number of para-hydroxylation sites is 1. The van der Waals surface area contributed by atoms with Crippen molar-refractivity contribution >= 4 is 22.8 Å². The Bertz CT molecular complexity index is 724. The molecule has 0 bridgehead atoms. The van der Waals surface area contributed by atoms with E-state index in [2.05, 4.69) is 10.3 Å². The highest BCUT2D eigenvalue weighted by molar-refractivity contribution is 5.87. The van der Waals surface area contributed by atoms with Crippen LogP contribution in [0.4, 0.5) is 0 Å². The first-order chi connectivity index (χ1) is 10.6. The summed E-state index contributed by atoms with van der Waals surface area (Å²) in [5.41, 5.74) is 1.86. The lowest BCUT2D eigenvalue weighted by molar-refractivity contribution is -0.142. The topological polar surface area (TPSA) is 82.2 Å². The summed E-state index contributed by atoms with van der Waals surface area (Å²) in [7, 11) is 0. The Morgan fingerprint density at radius 3 is 2.73 bits per heavy atom. The molecule has 0 saturated carbocycles. The molecule has 0 aliphatic heterocycles. The van der Waals surface area contributed by atoms with E-state index in [1.165, 1.54) is 0 Å². The van der Waals surface area contributed by atoms with Crippen LogP contribution in [-0.2, 0) is 16.0 Å². The fraction of sp³-hybridized carbons (Fsp3) is 0.294. The standard InChI is InChI=1S/C17H18N2O3/c20-16(11-5-1-2-6-11)19-15(17(21)22)9-12-10-18-14-8-4-3-7-13(12)14/h1-4,7-8,10-11,15,18H,5-6,9H2,(H,19,20)(H,21,22)/t15-/m1/s1. The summed E-state index contributed by atoms with van der Waals surface area (Å²) in [5.74, 6) is -1.33. The molecule has 1 aromatic carbocycles. The van der Waals surface area contributed by atoms with Crippen LogP contribution in [0.3, 0.4) is 0 Å². The number of carbonyl (C=O) groups is 2. The molecule has 1 amide bonds. The van der Waals surface area contributed by atoms with Crippen LogP contribution in [0.5, 0.6) is 0 Å². The maximum Gasteiger partial charge on any atom is 0.326 e. The Balaban J connectivity index is 1.74. The molecule has 5 heteroatoms. The van der Waals surface area contributed by atoms with Gasteiger partial charge in [-0.1, -0.05) is 30.4 Å². The van der Waals surface area contributed by atoms with Gasteiger partial charge in [-0.3, -0.25) is 4.79 Å². The second kappa shape index (κ2) is 6.05. The molecule has 3 N–H and O–H groups in total. The minimum Gasteiger partial charge on any atom is -0.480 e. The summed E-state index contributed by atoms with van der Waals surface area (Å²) in [4.78, 5) is 26.7. The van der Waals surface area contributed by atoms with Crippen LogP contribution in [0.15, 0.2) is 42.6 Å². The Morgan fingerprint density at radius 1 is 1.27 bits per heavy atom. The Kier molecular flexibility index (Phi) is 3.96. The minimum absolute atomic E-state index is 0.134. The van der Waals surface area contributed by atoms with Gasteiger partial charge in [0, 0.05) is 29.4 Å². The van der Waals surface area contributed by atoms with Gasteiger partial charge in [0.25, 0.3) is 0 Å². The van der Waals surface area contributed by atoms with E-state index in [4.69, 9.17) is 0 Å². The first-order valence-electron chi connectivity index (χ1n) is 7.38. The van der Waals surface area contributed by atoms with Crippen LogP contribution in [-0.4, -0.2) is 28.0 Å². The van der Waals surface area contributed by atoms with E-state index in [0.717, 1.165) is 16.5 Å². The monoisotopic (exact) mass is 298 g/mol. The van der Waals surface area contributed by atoms with Gasteiger partial charge in [-0.15, -0.1) is 0 Å². The first-order valence-corrected chi connectivity index (χ1v) is 7.38. The van der Waals surface area contributed by atoms with Crippen LogP contribution in [0.2, 0.25) is 0 Å². The lowest BCUT2D eigenvalue weighted by Crippen LogP contribution is -2.44. The summed E-state index contributed by atoms with van der Waals surface area (Å²) in [6.07, 6.45) is 7.37. The smallest absolute Gasteiger partial charge is 0.326 e. The van der Waals surface area contributed by atoms with E-state index < -0.39 is 12.0 Å². The second-order valence-electron chi connectivity index (χ2n) is 5.60. The van der Waals surface area contributed by atoms with Crippen molar-refractivity contribution in [1.29, 1.82) is 0 Å². The van der Waals surface area contributed by atoms with E-state index in [0.29, 0.717) is 12.8 Å². The third kappa shape index (κ3) is 2.88. The van der Waals surface area contributed by atoms with Gasteiger partial charge in [0.05, 0.1) is 0 Å². The molecule has 0 spiro atoms. The third-order valence-corrected chi connectivity index (χ3v) is 4.09. The van der Waals surface area contributed by atoms with Gasteiger partial charge in [-0.2, -0.15) is 0 Å². The number of H-pyrrole nitrogens is 1. The number of benzene rings is 1. The number of nitrogens with one attached hydrogen (secondary N) is 2. The zero-order valence-electron chi connectivity index (χ0n) is 12.1. The zero-order chi connectivity index (χ0) is 15.5. The number of aromatic nitrogens is 1. The minimum atomic E-state index is -1.01. The van der Waals surface area contributed by atoms with E-state index in [-0.39, 0.29) is 18.2 Å². The highest BCUT2D eigenvalue weighted by atomic mass is 16.4. The number of carbonyl (C=O) groups excluding carboxylic acids is 1. The van der Waals surface area contributed by atoms with Crippen molar-refractivity contribution in [1.82, 2.24) is 10.3 Å². The molecule has 0 radical (unpaired) electrons. The fourth-order valence-corrected chi connectivity index (χ4v) is 2.84. The van der Waals surface area contributed by atoms with Crippen molar-refractivity contribution < 1.29 is 14.7 Å². The molecule has 0 fully saturated rings. The molecular weight excluding hydrogens is 280 g/mol. The molecule has 0 unspecified atom stereocenters. The van der Waals surface area contributed by atoms with Crippen LogP contribution in [0.25, 0.3) is 10.9 Å². The lowest BCUT2D eigenvalue weighted by atomic mass is 10.0. The predicted molar refractivity (Wildman–Crippen MR) is 83.4 cm³/mol. The molecule has 114 valence electrons. The fourth-order valence-electron chi connectivity index (χ4n) is 2.84. The van der Waals surface area contributed by atoms with Crippen molar-refractivity contribution in [2.24, 2.45) is 5.92 Å². The van der Waals surface area contributed by atoms with Gasteiger partial charge in [-0.05, 0) is 24.5 Å². The van der Waals surface area contributed by atoms with Crippen molar-refractivity contribution in [3.8, 4) is 0 Å². The predicted octanol–water partition coefficient (Wildman–Crippen LogP) is 2.25. The molecule has 5 nitrogen and oxygen atoms in total. The van der Waals surface area contributed by atoms with Crippen LogP contribution < -0.4 is 5.32 Å². The Hall–Kier alpha value is -2.56. The molecule has 3 rings (SSSR count). The maximum atomic E-state index is 12.1. The number of carboxylic acids is 1. The number of aliphatic carboxylic acids is 1. The van der Waals surface area contributed by atoms with Crippen LogP contribution in [0, 0.1) is 5.92 Å². The molecular formula is C17H18N2O3. The number of hydrogen-bond donors (Lipinski definition) is 3. The summed E-state index contributed by atoms with van der Waals surface area (Å²) in [6, 6.07) is 6.82. The average molecular weight is 298 g/mol. The van der Waals surface area contributed by atoms with E-state index in [9.17, 15) is 14.7 Å². The number of allylic oxidation sites excluding steroid dienone is 2. The summed E-state index contributed by atoms with van der Waals surface area (Å²) < 4.78 is 0. The number of aromatic amines is 1. The Morgan fingerprint density at radius 2 is 2.00 bits per heavy atom. The maximum absolute atomic E-state index is 12.1. The van der Waals surface area contributed by atoms with Gasteiger partial charge < -0.3 is 15.4 Å². The molecule has 1 aliphatic rings. The molecule has 1 aliphatic carbocycles. The lowest BCUT2D eigenvalue weighted by Gasteiger charge is -2.17. The summed E-state index contributed by atoms with van der Waals surface area (Å²) in [6.45, 7) is 0. The van der Waals surface area contributed by atoms with Crippen molar-refractivity contribution in [3.05, 3.63) is 48.2 Å². The zero-order valence-corrected chi connectivity index (χ0v) is 12.1. The van der Waals surface area contributed by atoms with Crippen molar-refractivity contribution in [2.45, 2.75) is 25.3 Å². The molecule has 1 heterocycles. The van der Waals surface area contributed by atoms with E-state index in [1.807, 2.05) is 42.6 Å². The van der Waals surface area contributed by atoms with Gasteiger partial charge in [0.1, 0.15) is 6.04 Å². The quantitative estimate of drug-likeness (QED) is 0.740. The summed E-state index contributed by atoms with van der Waals surface area (Å²) in [5, 5.41) is 13.1. The molecule has 1 atom stereocenters. The van der Waals surface area contributed by atoms with Gasteiger partial charge in [0.2, 0.25) is 5.91 Å². The average Bonchev–Trinajstić information content (AvgIpc) is 3.16. The SMILES string of the molecule is O=C(N[C@H](Cc1c[nH]c2ccccc12)C(=O)O)C1CC=CC1. The molecule has 2 aromatic rings. The normalized spacial score (nSPS) is 16.0. The molecule has 22 heavy (non-hydrogen) atoms. The van der Waals surface area contributed by atoms with E-state index >= 15 is 0 Å². The van der Waals surface area contributed by atoms with Gasteiger partial charge >= 0.3 is 5.97 Å². The highest BCUT2D eigenvalue weighted by Gasteiger charge is 2.26. The third-order valence-electron chi connectivity index (χ3n) is 4.09. The van der Waals surface area contributed by atoms with Crippen molar-refractivity contribution in [3.63, 3.8) is 0 Å². The van der Waals surface area contributed by atoms with Gasteiger partial charge in [0.15, 0.2) is 0 Å².